The third-order valence-electron chi connectivity index (χ3n) is 4.21. The normalized spacial score (nSPS) is 11.4. The molecule has 1 aromatic rings. The number of Topliss-reactive ketones (excluding diaryl/α,β-unsaturated/α-hetero) is 1. The first-order chi connectivity index (χ1) is 9.56. The van der Waals surface area contributed by atoms with Crippen LogP contribution in [0.5, 0.6) is 5.75 Å². The van der Waals surface area contributed by atoms with E-state index in [2.05, 4.69) is 39.0 Å². The number of carbonyl (C=O) groups is 1. The molecule has 0 aliphatic heterocycles. The highest BCUT2D eigenvalue weighted by atomic mass is 28.4. The highest BCUT2D eigenvalue weighted by Crippen LogP contribution is 2.28. The Bertz CT molecular complexity index is 416. The molecule has 0 aliphatic carbocycles. The summed E-state index contributed by atoms with van der Waals surface area (Å²) in [6, 6.07) is 11.8. The van der Waals surface area contributed by atoms with E-state index in [1.165, 1.54) is 5.56 Å². The predicted octanol–water partition coefficient (Wildman–Crippen LogP) is 4.98. The molecular weight excluding hydrogens is 264 g/mol. The van der Waals surface area contributed by atoms with Gasteiger partial charge in [-0.05, 0) is 49.5 Å². The van der Waals surface area contributed by atoms with Gasteiger partial charge in [-0.3, -0.25) is 0 Å². The molecule has 112 valence electrons. The lowest BCUT2D eigenvalue weighted by Gasteiger charge is -2.30. The lowest BCUT2D eigenvalue weighted by Crippen LogP contribution is -2.39. The maximum Gasteiger partial charge on any atom is 0.250 e. The second kappa shape index (κ2) is 8.25. The monoisotopic (exact) mass is 292 g/mol. The van der Waals surface area contributed by atoms with Crippen molar-refractivity contribution in [1.29, 1.82) is 0 Å². The van der Waals surface area contributed by atoms with E-state index >= 15 is 0 Å². The van der Waals surface area contributed by atoms with Gasteiger partial charge in [0.15, 0.2) is 0 Å². The Balaban J connectivity index is 2.81. The van der Waals surface area contributed by atoms with Gasteiger partial charge in [-0.1, -0.05) is 39.0 Å². The van der Waals surface area contributed by atoms with Gasteiger partial charge in [-0.2, -0.15) is 0 Å². The third-order valence-corrected chi connectivity index (χ3v) is 8.73. The van der Waals surface area contributed by atoms with E-state index in [0.717, 1.165) is 36.7 Å². The smallest absolute Gasteiger partial charge is 0.250 e. The van der Waals surface area contributed by atoms with Crippen molar-refractivity contribution >= 4 is 14.1 Å². The largest absolute Gasteiger partial charge is 0.543 e. The van der Waals surface area contributed by atoms with Crippen molar-refractivity contribution in [2.45, 2.75) is 65.1 Å². The Morgan fingerprint density at radius 1 is 1.10 bits per heavy atom. The summed E-state index contributed by atoms with van der Waals surface area (Å²) in [5, 5.41) is 0. The molecule has 20 heavy (non-hydrogen) atoms. The Kier molecular flexibility index (Phi) is 7.00. The standard InChI is InChI=1S/C17H28O2Si/c1-5-20(6-2,7-3)19-17-14-9-8-12-16(17)13-10-11-15(4)18/h8-9,12,14H,5-7,10-11,13H2,1-4H3. The number of rotatable bonds is 9. The quantitative estimate of drug-likeness (QED) is 0.600. The van der Waals surface area contributed by atoms with Crippen LogP contribution in [0, 0.1) is 0 Å². The number of carbonyl (C=O) groups excluding carboxylic acids is 1. The SMILES string of the molecule is CC[Si](CC)(CC)Oc1ccccc1CCCC(C)=O. The minimum atomic E-state index is -1.62. The summed E-state index contributed by atoms with van der Waals surface area (Å²) in [6.07, 6.45) is 2.50. The first-order valence-electron chi connectivity index (χ1n) is 7.83. The van der Waals surface area contributed by atoms with E-state index in [0.29, 0.717) is 6.42 Å². The Morgan fingerprint density at radius 3 is 2.25 bits per heavy atom. The Hall–Kier alpha value is -1.09. The highest BCUT2D eigenvalue weighted by Gasteiger charge is 2.31. The van der Waals surface area contributed by atoms with E-state index in [1.54, 1.807) is 6.92 Å². The van der Waals surface area contributed by atoms with Gasteiger partial charge in [0.2, 0.25) is 8.32 Å². The summed E-state index contributed by atoms with van der Waals surface area (Å²) in [6.45, 7) is 8.40. The maximum atomic E-state index is 11.1. The van der Waals surface area contributed by atoms with E-state index in [-0.39, 0.29) is 5.78 Å². The van der Waals surface area contributed by atoms with Crippen LogP contribution in [0.25, 0.3) is 0 Å². The molecule has 0 saturated heterocycles. The Labute approximate surface area is 124 Å². The van der Waals surface area contributed by atoms with Gasteiger partial charge in [-0.15, -0.1) is 0 Å². The number of ketones is 1. The molecule has 0 atom stereocenters. The van der Waals surface area contributed by atoms with E-state index in [4.69, 9.17) is 4.43 Å². The third kappa shape index (κ3) is 4.78. The molecule has 0 radical (unpaired) electrons. The van der Waals surface area contributed by atoms with Crippen molar-refractivity contribution in [2.24, 2.45) is 0 Å². The molecular formula is C17H28O2Si. The lowest BCUT2D eigenvalue weighted by molar-refractivity contribution is -0.117. The lowest BCUT2D eigenvalue weighted by atomic mass is 10.1. The molecule has 2 nitrogen and oxygen atoms in total. The summed E-state index contributed by atoms with van der Waals surface area (Å²) >= 11 is 0. The second-order valence-corrected chi connectivity index (χ2v) is 10.2. The summed E-state index contributed by atoms with van der Waals surface area (Å²) in [7, 11) is -1.62. The van der Waals surface area contributed by atoms with E-state index in [9.17, 15) is 4.79 Å². The molecule has 0 saturated carbocycles. The van der Waals surface area contributed by atoms with Crippen LogP contribution < -0.4 is 4.43 Å². The minimum absolute atomic E-state index is 0.266. The molecule has 3 heteroatoms. The van der Waals surface area contributed by atoms with Gasteiger partial charge < -0.3 is 9.22 Å². The summed E-state index contributed by atoms with van der Waals surface area (Å²) < 4.78 is 6.49. The molecule has 0 unspecified atom stereocenters. The fourth-order valence-electron chi connectivity index (χ4n) is 2.54. The zero-order valence-electron chi connectivity index (χ0n) is 13.4. The van der Waals surface area contributed by atoms with Gasteiger partial charge in [0.1, 0.15) is 11.5 Å². The fourth-order valence-corrected chi connectivity index (χ4v) is 5.14. The summed E-state index contributed by atoms with van der Waals surface area (Å²) in [5.41, 5.74) is 1.25. The Morgan fingerprint density at radius 2 is 1.70 bits per heavy atom. The second-order valence-electron chi connectivity index (χ2n) is 5.51. The van der Waals surface area contributed by atoms with Crippen LogP contribution in [0.4, 0.5) is 0 Å². The van der Waals surface area contributed by atoms with Crippen molar-refractivity contribution < 1.29 is 9.22 Å². The number of benzene rings is 1. The summed E-state index contributed by atoms with van der Waals surface area (Å²) in [4.78, 5) is 11.1. The molecule has 0 amide bonds. The van der Waals surface area contributed by atoms with E-state index < -0.39 is 8.32 Å². The van der Waals surface area contributed by atoms with Gasteiger partial charge in [0.05, 0.1) is 0 Å². The molecule has 0 spiro atoms. The highest BCUT2D eigenvalue weighted by molar-refractivity contribution is 6.74. The topological polar surface area (TPSA) is 26.3 Å². The number of para-hydroxylation sites is 1. The molecule has 1 aromatic carbocycles. The molecule has 0 fully saturated rings. The maximum absolute atomic E-state index is 11.1. The van der Waals surface area contributed by atoms with Crippen LogP contribution in [0.1, 0.15) is 46.1 Å². The molecule has 0 bridgehead atoms. The van der Waals surface area contributed by atoms with Gasteiger partial charge in [-0.25, -0.2) is 0 Å². The predicted molar refractivity (Wildman–Crippen MR) is 87.9 cm³/mol. The summed E-state index contributed by atoms with van der Waals surface area (Å²) in [5.74, 6) is 1.32. The van der Waals surface area contributed by atoms with Crippen molar-refractivity contribution in [3.8, 4) is 5.75 Å². The number of hydrogen-bond acceptors (Lipinski definition) is 2. The first-order valence-corrected chi connectivity index (χ1v) is 10.4. The molecule has 0 aliphatic rings. The van der Waals surface area contributed by atoms with Crippen molar-refractivity contribution in [3.05, 3.63) is 29.8 Å². The van der Waals surface area contributed by atoms with Crippen LogP contribution >= 0.6 is 0 Å². The minimum Gasteiger partial charge on any atom is -0.543 e. The van der Waals surface area contributed by atoms with Crippen molar-refractivity contribution in [2.75, 3.05) is 0 Å². The van der Waals surface area contributed by atoms with Crippen LogP contribution in [-0.4, -0.2) is 14.1 Å². The van der Waals surface area contributed by atoms with Crippen LogP contribution in [-0.2, 0) is 11.2 Å². The fraction of sp³-hybridized carbons (Fsp3) is 0.588. The van der Waals surface area contributed by atoms with Crippen molar-refractivity contribution in [3.63, 3.8) is 0 Å². The molecule has 0 N–H and O–H groups in total. The molecule has 1 rings (SSSR count). The zero-order chi connectivity index (χ0) is 15.0. The van der Waals surface area contributed by atoms with E-state index in [1.807, 2.05) is 6.07 Å². The molecule has 0 aromatic heterocycles. The van der Waals surface area contributed by atoms with Crippen LogP contribution in [0.2, 0.25) is 18.1 Å². The average Bonchev–Trinajstić information content (AvgIpc) is 2.46. The van der Waals surface area contributed by atoms with Crippen LogP contribution in [0.15, 0.2) is 24.3 Å². The molecule has 0 heterocycles. The number of aryl methyl sites for hydroxylation is 1. The van der Waals surface area contributed by atoms with Gasteiger partial charge >= 0.3 is 0 Å². The number of hydrogen-bond donors (Lipinski definition) is 0. The average molecular weight is 292 g/mol. The van der Waals surface area contributed by atoms with Crippen LogP contribution in [0.3, 0.4) is 0 Å². The van der Waals surface area contributed by atoms with Crippen molar-refractivity contribution in [1.82, 2.24) is 0 Å². The zero-order valence-corrected chi connectivity index (χ0v) is 14.4. The van der Waals surface area contributed by atoms with Gasteiger partial charge in [0, 0.05) is 6.42 Å². The van der Waals surface area contributed by atoms with Gasteiger partial charge in [0.25, 0.3) is 0 Å². The first kappa shape index (κ1) is 17.0.